The summed E-state index contributed by atoms with van der Waals surface area (Å²) in [4.78, 5) is 42.7. The Morgan fingerprint density at radius 2 is 1.88 bits per heavy atom. The van der Waals surface area contributed by atoms with Crippen molar-refractivity contribution in [2.75, 3.05) is 11.4 Å². The first-order valence-corrected chi connectivity index (χ1v) is 11.8. The first-order valence-electron chi connectivity index (χ1n) is 11.8. The molecular formula is C25H33N5O3. The highest BCUT2D eigenvalue weighted by Gasteiger charge is 2.42. The predicted molar refractivity (Wildman–Crippen MR) is 125 cm³/mol. The van der Waals surface area contributed by atoms with Crippen LogP contribution in [0.3, 0.4) is 0 Å². The highest BCUT2D eigenvalue weighted by Crippen LogP contribution is 2.31. The number of rotatable bonds is 5. The molecule has 0 radical (unpaired) electrons. The number of carbonyl (C=O) groups excluding carboxylic acids is 2. The fourth-order valence-corrected chi connectivity index (χ4v) is 4.39. The van der Waals surface area contributed by atoms with Crippen LogP contribution in [0.2, 0.25) is 0 Å². The number of pyridine rings is 1. The zero-order valence-electron chi connectivity index (χ0n) is 19.7. The predicted octanol–water partition coefficient (Wildman–Crippen LogP) is 4.46. The summed E-state index contributed by atoms with van der Waals surface area (Å²) in [6, 6.07) is 3.07. The normalized spacial score (nSPS) is 19.0. The van der Waals surface area contributed by atoms with Crippen molar-refractivity contribution in [2.45, 2.75) is 83.4 Å². The molecule has 8 nitrogen and oxygen atoms in total. The minimum Gasteiger partial charge on any atom is -0.444 e. The summed E-state index contributed by atoms with van der Waals surface area (Å²) >= 11 is 0. The van der Waals surface area contributed by atoms with E-state index in [0.717, 1.165) is 18.5 Å². The number of amides is 2. The third-order valence-electron chi connectivity index (χ3n) is 6.23. The summed E-state index contributed by atoms with van der Waals surface area (Å²) in [7, 11) is 0. The molecule has 0 unspecified atom stereocenters. The maximum atomic E-state index is 13.5. The lowest BCUT2D eigenvalue weighted by atomic mass is 9.87. The summed E-state index contributed by atoms with van der Waals surface area (Å²) in [6.07, 6.45) is 13.2. The number of hydrogen-bond donors (Lipinski definition) is 0. The molecule has 33 heavy (non-hydrogen) atoms. The Morgan fingerprint density at radius 3 is 2.45 bits per heavy atom. The molecule has 1 atom stereocenters. The van der Waals surface area contributed by atoms with Gasteiger partial charge in [-0.05, 0) is 52.2 Å². The second kappa shape index (κ2) is 9.85. The summed E-state index contributed by atoms with van der Waals surface area (Å²) in [6.45, 7) is 6.22. The smallest absolute Gasteiger partial charge is 0.410 e. The molecule has 2 aromatic rings. The number of aromatic nitrogens is 3. The molecule has 3 heterocycles. The topological polar surface area (TPSA) is 88.5 Å². The largest absolute Gasteiger partial charge is 0.444 e. The molecule has 1 aliphatic heterocycles. The number of carbonyl (C=O) groups is 2. The van der Waals surface area contributed by atoms with E-state index in [2.05, 4.69) is 15.0 Å². The second-order valence-electron chi connectivity index (χ2n) is 9.88. The van der Waals surface area contributed by atoms with Gasteiger partial charge in [0.05, 0.1) is 36.0 Å². The van der Waals surface area contributed by atoms with Crippen LogP contribution in [0.15, 0.2) is 36.9 Å². The van der Waals surface area contributed by atoms with Gasteiger partial charge < -0.3 is 9.64 Å². The second-order valence-corrected chi connectivity index (χ2v) is 9.88. The number of ether oxygens (including phenoxy) is 1. The van der Waals surface area contributed by atoms with Crippen LogP contribution < -0.4 is 4.90 Å². The van der Waals surface area contributed by atoms with E-state index in [4.69, 9.17) is 4.74 Å². The lowest BCUT2D eigenvalue weighted by Gasteiger charge is -2.42. The number of hydrogen-bond acceptors (Lipinski definition) is 6. The Hall–Kier alpha value is -3.03. The molecule has 2 fully saturated rings. The Labute approximate surface area is 195 Å². The van der Waals surface area contributed by atoms with Crippen molar-refractivity contribution in [3.8, 4) is 0 Å². The minimum absolute atomic E-state index is 0.168. The molecular weight excluding hydrogens is 418 g/mol. The van der Waals surface area contributed by atoms with Gasteiger partial charge in [0.2, 0.25) is 5.91 Å². The van der Waals surface area contributed by atoms with Crippen molar-refractivity contribution < 1.29 is 14.3 Å². The summed E-state index contributed by atoms with van der Waals surface area (Å²) < 4.78 is 5.48. The average Bonchev–Trinajstić information content (AvgIpc) is 2.77. The molecule has 0 aromatic carbocycles. The van der Waals surface area contributed by atoms with Gasteiger partial charge in [-0.3, -0.25) is 24.6 Å². The van der Waals surface area contributed by atoms with Crippen LogP contribution in [0.5, 0.6) is 0 Å². The van der Waals surface area contributed by atoms with Crippen molar-refractivity contribution in [1.82, 2.24) is 19.9 Å². The quantitative estimate of drug-likeness (QED) is 0.667. The Balaban J connectivity index is 1.50. The highest BCUT2D eigenvalue weighted by atomic mass is 16.6. The fourth-order valence-electron chi connectivity index (χ4n) is 4.39. The molecule has 1 saturated heterocycles. The van der Waals surface area contributed by atoms with E-state index in [1.807, 2.05) is 33.0 Å². The number of likely N-dealkylation sites (tertiary alicyclic amines) is 1. The molecule has 0 spiro atoms. The molecule has 0 N–H and O–H groups in total. The first kappa shape index (κ1) is 23.1. The van der Waals surface area contributed by atoms with E-state index in [1.54, 1.807) is 29.6 Å². The van der Waals surface area contributed by atoms with Crippen molar-refractivity contribution in [2.24, 2.45) is 0 Å². The van der Waals surface area contributed by atoms with Crippen LogP contribution in [0.1, 0.15) is 76.6 Å². The van der Waals surface area contributed by atoms with Gasteiger partial charge in [-0.15, -0.1) is 0 Å². The van der Waals surface area contributed by atoms with Crippen molar-refractivity contribution in [3.63, 3.8) is 0 Å². The van der Waals surface area contributed by atoms with Gasteiger partial charge in [0, 0.05) is 24.9 Å². The van der Waals surface area contributed by atoms with Gasteiger partial charge in [-0.2, -0.15) is 0 Å². The first-order chi connectivity index (χ1) is 15.8. The third kappa shape index (κ3) is 5.67. The lowest BCUT2D eigenvalue weighted by molar-refractivity contribution is -0.128. The van der Waals surface area contributed by atoms with Gasteiger partial charge in [-0.1, -0.05) is 19.3 Å². The fraction of sp³-hybridized carbons (Fsp3) is 0.560. The standard InChI is InChI=1S/C25H33N5O3/c1-25(2,3)33-24(32)29-13-11-22(29)23(31)30(20-10-7-12-26-15-20)17-19-14-28-21(16-27-19)18-8-5-4-6-9-18/h7,10,12,14-16,18,22H,4-6,8-9,11,13,17H2,1-3H3/t22-/m1/s1. The number of nitrogens with zero attached hydrogens (tertiary/aromatic N) is 5. The molecule has 0 bridgehead atoms. The van der Waals surface area contributed by atoms with E-state index >= 15 is 0 Å². The Kier molecular flexibility index (Phi) is 6.91. The van der Waals surface area contributed by atoms with Crippen LogP contribution in [0, 0.1) is 0 Å². The van der Waals surface area contributed by atoms with Gasteiger partial charge in [0.15, 0.2) is 0 Å². The van der Waals surface area contributed by atoms with Crippen molar-refractivity contribution >= 4 is 17.7 Å². The molecule has 4 rings (SSSR count). The van der Waals surface area contributed by atoms with Crippen LogP contribution in [-0.2, 0) is 16.1 Å². The van der Waals surface area contributed by atoms with Crippen LogP contribution in [0.4, 0.5) is 10.5 Å². The van der Waals surface area contributed by atoms with E-state index in [1.165, 1.54) is 24.2 Å². The molecule has 176 valence electrons. The van der Waals surface area contributed by atoms with Crippen LogP contribution in [0.25, 0.3) is 0 Å². The number of anilines is 1. The summed E-state index contributed by atoms with van der Waals surface area (Å²) in [5, 5.41) is 0. The van der Waals surface area contributed by atoms with Crippen molar-refractivity contribution in [3.05, 3.63) is 48.3 Å². The Bertz CT molecular complexity index is 952. The summed E-state index contributed by atoms with van der Waals surface area (Å²) in [5.41, 5.74) is 1.79. The molecule has 1 aliphatic carbocycles. The monoisotopic (exact) mass is 451 g/mol. The third-order valence-corrected chi connectivity index (χ3v) is 6.23. The maximum Gasteiger partial charge on any atom is 0.410 e. The molecule has 2 amide bonds. The molecule has 2 aromatic heterocycles. The van der Waals surface area contributed by atoms with E-state index in [0.29, 0.717) is 30.3 Å². The zero-order valence-corrected chi connectivity index (χ0v) is 19.7. The summed E-state index contributed by atoms with van der Waals surface area (Å²) in [5.74, 6) is 0.312. The van der Waals surface area contributed by atoms with Gasteiger partial charge in [0.1, 0.15) is 11.6 Å². The average molecular weight is 452 g/mol. The lowest BCUT2D eigenvalue weighted by Crippen LogP contribution is -2.59. The SMILES string of the molecule is CC(C)(C)OC(=O)N1CC[C@@H]1C(=O)N(Cc1cnc(C2CCCCC2)cn1)c1cccnc1. The van der Waals surface area contributed by atoms with E-state index in [9.17, 15) is 9.59 Å². The highest BCUT2D eigenvalue weighted by molar-refractivity contribution is 5.99. The maximum absolute atomic E-state index is 13.5. The molecule has 8 heteroatoms. The van der Waals surface area contributed by atoms with Crippen LogP contribution in [-0.4, -0.2) is 50.0 Å². The van der Waals surface area contributed by atoms with E-state index < -0.39 is 17.7 Å². The van der Waals surface area contributed by atoms with Gasteiger partial charge >= 0.3 is 6.09 Å². The van der Waals surface area contributed by atoms with E-state index in [-0.39, 0.29) is 12.5 Å². The Morgan fingerprint density at radius 1 is 1.09 bits per heavy atom. The van der Waals surface area contributed by atoms with Crippen LogP contribution >= 0.6 is 0 Å². The zero-order chi connectivity index (χ0) is 23.4. The van der Waals surface area contributed by atoms with Gasteiger partial charge in [0.25, 0.3) is 0 Å². The van der Waals surface area contributed by atoms with Crippen molar-refractivity contribution in [1.29, 1.82) is 0 Å². The molecule has 1 saturated carbocycles. The molecule has 2 aliphatic rings. The minimum atomic E-state index is -0.612. The van der Waals surface area contributed by atoms with Gasteiger partial charge in [-0.25, -0.2) is 4.79 Å².